The van der Waals surface area contributed by atoms with Crippen molar-refractivity contribution in [2.45, 2.75) is 26.7 Å². The molecule has 0 aromatic heterocycles. The minimum atomic E-state index is -0.280. The highest BCUT2D eigenvalue weighted by atomic mass is 32.1. The molecule has 3 aromatic carbocycles. The molecular formula is C30H34N4O3S. The molecule has 198 valence electrons. The molecule has 0 spiro atoms. The molecule has 1 heterocycles. The fourth-order valence-electron chi connectivity index (χ4n) is 4.28. The molecule has 0 saturated carbocycles. The van der Waals surface area contributed by atoms with Gasteiger partial charge in [-0.3, -0.25) is 14.9 Å². The second-order valence-electron chi connectivity index (χ2n) is 9.28. The van der Waals surface area contributed by atoms with Crippen molar-refractivity contribution >= 4 is 40.5 Å². The van der Waals surface area contributed by atoms with Crippen molar-refractivity contribution in [2.75, 3.05) is 43.0 Å². The Hall–Kier alpha value is -3.91. The van der Waals surface area contributed by atoms with Crippen LogP contribution in [0.1, 0.15) is 46.0 Å². The normalized spacial score (nSPS) is 13.1. The van der Waals surface area contributed by atoms with Gasteiger partial charge in [-0.25, -0.2) is 0 Å². The van der Waals surface area contributed by atoms with E-state index in [1.54, 1.807) is 24.3 Å². The van der Waals surface area contributed by atoms with Crippen molar-refractivity contribution in [3.05, 3.63) is 89.5 Å². The molecule has 1 fully saturated rings. The summed E-state index contributed by atoms with van der Waals surface area (Å²) < 4.78 is 5.64. The number of piperazine rings is 1. The number of ether oxygens (including phenoxy) is 1. The summed E-state index contributed by atoms with van der Waals surface area (Å²) in [6, 6.07) is 22.6. The van der Waals surface area contributed by atoms with Crippen LogP contribution in [0.3, 0.4) is 0 Å². The van der Waals surface area contributed by atoms with E-state index in [0.717, 1.165) is 54.2 Å². The first-order valence-corrected chi connectivity index (χ1v) is 13.4. The first-order chi connectivity index (χ1) is 18.4. The van der Waals surface area contributed by atoms with Gasteiger partial charge in [0.1, 0.15) is 5.75 Å². The SMILES string of the molecule is CCCCOc1ccc(C(=O)NC(=S)Nc2ccc(N3CCN(C(=O)c4ccccc4C)CC3)cc2)cc1. The number of aryl methyl sites for hydroxylation is 1. The third-order valence-corrected chi connectivity index (χ3v) is 6.75. The summed E-state index contributed by atoms with van der Waals surface area (Å²) in [5.74, 6) is 0.557. The fourth-order valence-corrected chi connectivity index (χ4v) is 4.49. The molecule has 0 aliphatic carbocycles. The maximum Gasteiger partial charge on any atom is 0.257 e. The number of carbonyl (C=O) groups is 2. The standard InChI is InChI=1S/C30H34N4O3S/c1-3-4-21-37-26-15-9-23(10-16-26)28(35)32-30(38)31-24-11-13-25(14-12-24)33-17-19-34(20-18-33)29(36)27-8-6-5-7-22(27)2/h5-16H,3-4,17-21H2,1-2H3,(H2,31,32,35,38). The number of hydrogen-bond acceptors (Lipinski definition) is 5. The van der Waals surface area contributed by atoms with Gasteiger partial charge in [0.15, 0.2) is 5.11 Å². The Bertz CT molecular complexity index is 1250. The summed E-state index contributed by atoms with van der Waals surface area (Å²) in [5, 5.41) is 6.02. The maximum atomic E-state index is 12.9. The molecule has 38 heavy (non-hydrogen) atoms. The van der Waals surface area contributed by atoms with Crippen LogP contribution in [0.5, 0.6) is 5.75 Å². The van der Waals surface area contributed by atoms with Gasteiger partial charge in [0.25, 0.3) is 11.8 Å². The molecule has 8 heteroatoms. The summed E-state index contributed by atoms with van der Waals surface area (Å²) >= 11 is 5.34. The van der Waals surface area contributed by atoms with Crippen LogP contribution in [0, 0.1) is 6.92 Å². The van der Waals surface area contributed by atoms with Gasteiger partial charge < -0.3 is 19.9 Å². The zero-order chi connectivity index (χ0) is 26.9. The van der Waals surface area contributed by atoms with E-state index in [9.17, 15) is 9.59 Å². The lowest BCUT2D eigenvalue weighted by atomic mass is 10.1. The number of carbonyl (C=O) groups excluding carboxylic acids is 2. The van der Waals surface area contributed by atoms with Crippen molar-refractivity contribution in [1.29, 1.82) is 0 Å². The van der Waals surface area contributed by atoms with Gasteiger partial charge in [-0.2, -0.15) is 0 Å². The number of unbranched alkanes of at least 4 members (excludes halogenated alkanes) is 1. The molecule has 2 amide bonds. The smallest absolute Gasteiger partial charge is 0.257 e. The van der Waals surface area contributed by atoms with Gasteiger partial charge in [-0.05, 0) is 85.7 Å². The molecule has 0 atom stereocenters. The average molecular weight is 531 g/mol. The van der Waals surface area contributed by atoms with Crippen LogP contribution in [0.4, 0.5) is 11.4 Å². The molecular weight excluding hydrogens is 496 g/mol. The molecule has 0 radical (unpaired) electrons. The first kappa shape index (κ1) is 27.1. The zero-order valence-electron chi connectivity index (χ0n) is 21.9. The minimum Gasteiger partial charge on any atom is -0.494 e. The lowest BCUT2D eigenvalue weighted by Crippen LogP contribution is -2.48. The fraction of sp³-hybridized carbons (Fsp3) is 0.300. The van der Waals surface area contributed by atoms with Crippen LogP contribution in [-0.4, -0.2) is 54.6 Å². The number of amides is 2. The summed E-state index contributed by atoms with van der Waals surface area (Å²) in [6.07, 6.45) is 2.07. The monoisotopic (exact) mass is 530 g/mol. The Morgan fingerprint density at radius 1 is 0.921 bits per heavy atom. The van der Waals surface area contributed by atoms with Crippen molar-refractivity contribution in [3.63, 3.8) is 0 Å². The number of thiocarbonyl (C=S) groups is 1. The van der Waals surface area contributed by atoms with Crippen molar-refractivity contribution in [2.24, 2.45) is 0 Å². The third kappa shape index (κ3) is 7.10. The van der Waals surface area contributed by atoms with E-state index in [1.165, 1.54) is 0 Å². The Morgan fingerprint density at radius 3 is 2.26 bits per heavy atom. The van der Waals surface area contributed by atoms with Crippen LogP contribution >= 0.6 is 12.2 Å². The summed E-state index contributed by atoms with van der Waals surface area (Å²) in [4.78, 5) is 29.6. The third-order valence-electron chi connectivity index (χ3n) is 6.54. The predicted molar refractivity (Wildman–Crippen MR) is 156 cm³/mol. The van der Waals surface area contributed by atoms with Gasteiger partial charge >= 0.3 is 0 Å². The van der Waals surface area contributed by atoms with E-state index in [0.29, 0.717) is 25.3 Å². The molecule has 4 rings (SSSR count). The second kappa shape index (κ2) is 13.1. The highest BCUT2D eigenvalue weighted by Crippen LogP contribution is 2.21. The van der Waals surface area contributed by atoms with Gasteiger partial charge in [-0.1, -0.05) is 31.5 Å². The Labute approximate surface area is 229 Å². The largest absolute Gasteiger partial charge is 0.494 e. The van der Waals surface area contributed by atoms with Crippen LogP contribution < -0.4 is 20.3 Å². The Morgan fingerprint density at radius 2 is 1.61 bits per heavy atom. The number of nitrogens with zero attached hydrogens (tertiary/aromatic N) is 2. The number of rotatable bonds is 8. The molecule has 3 aromatic rings. The summed E-state index contributed by atoms with van der Waals surface area (Å²) in [5.41, 5.74) is 4.14. The molecule has 2 N–H and O–H groups in total. The lowest BCUT2D eigenvalue weighted by Gasteiger charge is -2.36. The number of nitrogens with one attached hydrogen (secondary N) is 2. The molecule has 0 bridgehead atoms. The molecule has 7 nitrogen and oxygen atoms in total. The van der Waals surface area contributed by atoms with E-state index in [4.69, 9.17) is 17.0 Å². The number of benzene rings is 3. The average Bonchev–Trinajstić information content (AvgIpc) is 2.94. The zero-order valence-corrected chi connectivity index (χ0v) is 22.7. The van der Waals surface area contributed by atoms with Crippen LogP contribution in [0.15, 0.2) is 72.8 Å². The van der Waals surface area contributed by atoms with E-state index < -0.39 is 0 Å². The lowest BCUT2D eigenvalue weighted by molar-refractivity contribution is 0.0746. The van der Waals surface area contributed by atoms with Crippen LogP contribution in [0.25, 0.3) is 0 Å². The van der Waals surface area contributed by atoms with Crippen molar-refractivity contribution in [3.8, 4) is 5.75 Å². The van der Waals surface area contributed by atoms with Crippen LogP contribution in [-0.2, 0) is 0 Å². The molecule has 1 saturated heterocycles. The van der Waals surface area contributed by atoms with Gasteiger partial charge in [0, 0.05) is 48.7 Å². The van der Waals surface area contributed by atoms with E-state index in [1.807, 2.05) is 60.4 Å². The van der Waals surface area contributed by atoms with E-state index in [2.05, 4.69) is 22.5 Å². The molecule has 1 aliphatic heterocycles. The molecule has 1 aliphatic rings. The summed E-state index contributed by atoms with van der Waals surface area (Å²) in [6.45, 7) is 7.63. The quantitative estimate of drug-likeness (QED) is 0.306. The highest BCUT2D eigenvalue weighted by Gasteiger charge is 2.23. The topological polar surface area (TPSA) is 73.9 Å². The van der Waals surface area contributed by atoms with Gasteiger partial charge in [-0.15, -0.1) is 0 Å². The second-order valence-corrected chi connectivity index (χ2v) is 9.68. The number of hydrogen-bond donors (Lipinski definition) is 2. The van der Waals surface area contributed by atoms with E-state index >= 15 is 0 Å². The summed E-state index contributed by atoms with van der Waals surface area (Å²) in [7, 11) is 0. The predicted octanol–water partition coefficient (Wildman–Crippen LogP) is 5.26. The minimum absolute atomic E-state index is 0.0918. The highest BCUT2D eigenvalue weighted by molar-refractivity contribution is 7.80. The Balaban J connectivity index is 1.24. The van der Waals surface area contributed by atoms with Crippen molar-refractivity contribution in [1.82, 2.24) is 10.2 Å². The van der Waals surface area contributed by atoms with Gasteiger partial charge in [0.2, 0.25) is 0 Å². The molecule has 0 unspecified atom stereocenters. The van der Waals surface area contributed by atoms with Crippen LogP contribution in [0.2, 0.25) is 0 Å². The first-order valence-electron chi connectivity index (χ1n) is 13.0. The van der Waals surface area contributed by atoms with Gasteiger partial charge in [0.05, 0.1) is 6.61 Å². The Kier molecular flexibility index (Phi) is 9.32. The maximum absolute atomic E-state index is 12.9. The van der Waals surface area contributed by atoms with Crippen molar-refractivity contribution < 1.29 is 14.3 Å². The van der Waals surface area contributed by atoms with E-state index in [-0.39, 0.29) is 16.9 Å². The number of anilines is 2.